The van der Waals surface area contributed by atoms with Gasteiger partial charge in [0.15, 0.2) is 0 Å². The van der Waals surface area contributed by atoms with Gasteiger partial charge >= 0.3 is 6.18 Å². The molecule has 3 rings (SSSR count). The fraction of sp³-hybridized carbons (Fsp3) is 0.125. The van der Waals surface area contributed by atoms with Gasteiger partial charge in [-0.3, -0.25) is 4.79 Å². The summed E-state index contributed by atoms with van der Waals surface area (Å²) >= 11 is 7.50. The van der Waals surface area contributed by atoms with Crippen LogP contribution in [0.4, 0.5) is 13.2 Å². The van der Waals surface area contributed by atoms with E-state index >= 15 is 0 Å². The maximum Gasteiger partial charge on any atom is 0.454 e. The first-order valence-corrected chi connectivity index (χ1v) is 10.7. The monoisotopic (exact) mass is 477 g/mol. The fourth-order valence-corrected chi connectivity index (χ4v) is 4.11. The summed E-state index contributed by atoms with van der Waals surface area (Å²) in [5.41, 5.74) is 7.88. The summed E-state index contributed by atoms with van der Waals surface area (Å²) < 4.78 is 44.4. The third-order valence-electron chi connectivity index (χ3n) is 4.56. The van der Waals surface area contributed by atoms with Gasteiger partial charge in [-0.05, 0) is 48.2 Å². The van der Waals surface area contributed by atoms with Gasteiger partial charge in [-0.1, -0.05) is 41.9 Å². The van der Waals surface area contributed by atoms with Gasteiger partial charge in [0.2, 0.25) is 0 Å². The summed E-state index contributed by atoms with van der Waals surface area (Å²) in [4.78, 5) is 12.2. The van der Waals surface area contributed by atoms with Gasteiger partial charge < -0.3 is 10.5 Å². The molecule has 0 bridgehead atoms. The molecule has 8 heteroatoms. The van der Waals surface area contributed by atoms with Crippen molar-refractivity contribution in [1.29, 1.82) is 0 Å². The minimum Gasteiger partial charge on any atom is -0.488 e. The Kier molecular flexibility index (Phi) is 7.43. The molecule has 3 nitrogen and oxygen atoms in total. The predicted molar refractivity (Wildman–Crippen MR) is 123 cm³/mol. The predicted octanol–water partition coefficient (Wildman–Crippen LogP) is 7.02. The van der Waals surface area contributed by atoms with Crippen molar-refractivity contribution in [2.24, 2.45) is 5.73 Å². The summed E-state index contributed by atoms with van der Waals surface area (Å²) in [7, 11) is 0. The molecule has 2 aromatic carbocycles. The molecular formula is C24H19ClF3NO2S. The minimum atomic E-state index is -4.95. The largest absolute Gasteiger partial charge is 0.488 e. The normalized spacial score (nSPS) is 12.7. The Morgan fingerprint density at radius 3 is 2.50 bits per heavy atom. The second-order valence-corrected chi connectivity index (χ2v) is 8.21. The molecule has 0 atom stereocenters. The Morgan fingerprint density at radius 1 is 1.12 bits per heavy atom. The molecule has 0 spiro atoms. The SMILES string of the molecule is C/C(=C\C(=C/N)c1sccc1-c1cc(Cl)ccc1OCc1ccccc1)C(=O)C(F)(F)F. The van der Waals surface area contributed by atoms with E-state index in [2.05, 4.69) is 0 Å². The first-order chi connectivity index (χ1) is 15.2. The third kappa shape index (κ3) is 5.60. The van der Waals surface area contributed by atoms with E-state index in [4.69, 9.17) is 22.1 Å². The lowest BCUT2D eigenvalue weighted by atomic mass is 10.0. The van der Waals surface area contributed by atoms with Crippen molar-refractivity contribution in [2.45, 2.75) is 19.7 Å². The van der Waals surface area contributed by atoms with Gasteiger partial charge in [0, 0.05) is 38.4 Å². The van der Waals surface area contributed by atoms with Crippen LogP contribution < -0.4 is 10.5 Å². The molecule has 0 saturated carbocycles. The number of ketones is 1. The number of carbonyl (C=O) groups excluding carboxylic acids is 1. The standard InChI is InChI=1S/C24H19ClF3NO2S/c1-15(23(30)24(26,27)28)11-17(13-29)22-19(9-10-32-22)20-12-18(25)7-8-21(20)31-14-16-5-3-2-4-6-16/h2-13H,14,29H2,1H3/b15-11+,17-13+. The lowest BCUT2D eigenvalue weighted by Gasteiger charge is -2.14. The molecule has 3 aromatic rings. The highest BCUT2D eigenvalue weighted by atomic mass is 35.5. The lowest BCUT2D eigenvalue weighted by Crippen LogP contribution is -2.23. The number of Topliss-reactive ketones (excluding diaryl/α,β-unsaturated/α-hetero) is 1. The van der Waals surface area contributed by atoms with Crippen molar-refractivity contribution in [3.63, 3.8) is 0 Å². The Morgan fingerprint density at radius 2 is 1.84 bits per heavy atom. The molecule has 166 valence electrons. The van der Waals surface area contributed by atoms with Crippen LogP contribution in [-0.2, 0) is 11.4 Å². The first kappa shape index (κ1) is 23.6. The quantitative estimate of drug-likeness (QED) is 0.293. The van der Waals surface area contributed by atoms with Gasteiger partial charge in [0.1, 0.15) is 12.4 Å². The smallest absolute Gasteiger partial charge is 0.454 e. The number of halogens is 4. The number of ether oxygens (including phenoxy) is 1. The maximum absolute atomic E-state index is 12.8. The number of hydrogen-bond donors (Lipinski definition) is 1. The highest BCUT2D eigenvalue weighted by Crippen LogP contribution is 2.40. The van der Waals surface area contributed by atoms with Crippen molar-refractivity contribution < 1.29 is 22.7 Å². The molecule has 0 aliphatic carbocycles. The van der Waals surface area contributed by atoms with Crippen molar-refractivity contribution >= 4 is 34.3 Å². The highest BCUT2D eigenvalue weighted by Gasteiger charge is 2.39. The molecule has 0 radical (unpaired) electrons. The topological polar surface area (TPSA) is 52.3 Å². The molecule has 0 unspecified atom stereocenters. The van der Waals surface area contributed by atoms with E-state index in [1.807, 2.05) is 30.3 Å². The van der Waals surface area contributed by atoms with Crippen LogP contribution in [0.5, 0.6) is 5.75 Å². The average Bonchev–Trinajstić information content (AvgIpc) is 3.25. The minimum absolute atomic E-state index is 0.291. The Bertz CT molecular complexity index is 1170. The number of alkyl halides is 3. The number of allylic oxidation sites excluding steroid dienone is 3. The molecule has 32 heavy (non-hydrogen) atoms. The van der Waals surface area contributed by atoms with Crippen molar-refractivity contribution in [3.8, 4) is 16.9 Å². The third-order valence-corrected chi connectivity index (χ3v) is 5.76. The molecule has 0 aliphatic rings. The van der Waals surface area contributed by atoms with Crippen LogP contribution in [0.2, 0.25) is 5.02 Å². The van der Waals surface area contributed by atoms with Crippen LogP contribution in [-0.4, -0.2) is 12.0 Å². The average molecular weight is 478 g/mol. The maximum atomic E-state index is 12.8. The van der Waals surface area contributed by atoms with Crippen molar-refractivity contribution in [2.75, 3.05) is 0 Å². The molecule has 0 fully saturated rings. The van der Waals surface area contributed by atoms with E-state index in [1.54, 1.807) is 29.6 Å². The van der Waals surface area contributed by atoms with E-state index in [0.717, 1.165) is 18.6 Å². The van der Waals surface area contributed by atoms with Crippen LogP contribution in [0.15, 0.2) is 77.8 Å². The second kappa shape index (κ2) is 10.1. The number of thiophene rings is 1. The number of nitrogens with two attached hydrogens (primary N) is 1. The fourth-order valence-electron chi connectivity index (χ4n) is 3.03. The number of benzene rings is 2. The van der Waals surface area contributed by atoms with E-state index in [0.29, 0.717) is 39.0 Å². The van der Waals surface area contributed by atoms with Gasteiger partial charge in [-0.15, -0.1) is 11.3 Å². The number of hydrogen-bond acceptors (Lipinski definition) is 4. The Balaban J connectivity index is 1.98. The second-order valence-electron chi connectivity index (χ2n) is 6.85. The molecule has 0 aliphatic heterocycles. The summed E-state index contributed by atoms with van der Waals surface area (Å²) in [5, 5.41) is 2.26. The number of carbonyl (C=O) groups is 1. The van der Waals surface area contributed by atoms with Crippen LogP contribution >= 0.6 is 22.9 Å². The highest BCUT2D eigenvalue weighted by molar-refractivity contribution is 7.11. The zero-order valence-corrected chi connectivity index (χ0v) is 18.5. The zero-order valence-electron chi connectivity index (χ0n) is 16.9. The van der Waals surface area contributed by atoms with E-state index < -0.39 is 17.5 Å². The van der Waals surface area contributed by atoms with Gasteiger partial charge in [0.05, 0.1) is 0 Å². The summed E-state index contributed by atoms with van der Waals surface area (Å²) in [6.07, 6.45) is -2.64. The number of rotatable bonds is 7. The molecule has 0 amide bonds. The van der Waals surface area contributed by atoms with Gasteiger partial charge in [0.25, 0.3) is 5.78 Å². The van der Waals surface area contributed by atoms with E-state index in [-0.39, 0.29) is 0 Å². The zero-order chi connectivity index (χ0) is 23.3. The van der Waals surface area contributed by atoms with Crippen LogP contribution in [0.3, 0.4) is 0 Å². The Labute approximate surface area is 192 Å². The summed E-state index contributed by atoms with van der Waals surface area (Å²) in [5.74, 6) is -1.36. The summed E-state index contributed by atoms with van der Waals surface area (Å²) in [6, 6.07) is 16.6. The van der Waals surface area contributed by atoms with Crippen LogP contribution in [0, 0.1) is 0 Å². The van der Waals surface area contributed by atoms with Gasteiger partial charge in [-0.25, -0.2) is 0 Å². The first-order valence-electron chi connectivity index (χ1n) is 9.47. The molecule has 1 aromatic heterocycles. The molecular weight excluding hydrogens is 459 g/mol. The summed E-state index contributed by atoms with van der Waals surface area (Å²) in [6.45, 7) is 1.44. The van der Waals surface area contributed by atoms with Crippen molar-refractivity contribution in [3.05, 3.63) is 93.3 Å². The Hall–Kier alpha value is -3.03. The van der Waals surface area contributed by atoms with E-state index in [1.165, 1.54) is 17.5 Å². The molecule has 0 saturated heterocycles. The van der Waals surface area contributed by atoms with Crippen LogP contribution in [0.1, 0.15) is 17.4 Å². The lowest BCUT2D eigenvalue weighted by molar-refractivity contribution is -0.166. The molecule has 1 heterocycles. The van der Waals surface area contributed by atoms with E-state index in [9.17, 15) is 18.0 Å². The van der Waals surface area contributed by atoms with Crippen molar-refractivity contribution in [1.82, 2.24) is 0 Å². The van der Waals surface area contributed by atoms with Crippen LogP contribution in [0.25, 0.3) is 16.7 Å². The van der Waals surface area contributed by atoms with Gasteiger partial charge in [-0.2, -0.15) is 13.2 Å². The molecule has 2 N–H and O–H groups in total.